The van der Waals surface area contributed by atoms with Gasteiger partial charge >= 0.3 is 0 Å². The van der Waals surface area contributed by atoms with Gasteiger partial charge in [0.25, 0.3) is 0 Å². The van der Waals surface area contributed by atoms with E-state index in [0.717, 1.165) is 41.3 Å². The second-order valence-corrected chi connectivity index (χ2v) is 14.5. The molecule has 5 heterocycles. The summed E-state index contributed by atoms with van der Waals surface area (Å²) in [6.07, 6.45) is 9.65. The zero-order valence-electron chi connectivity index (χ0n) is 28.1. The quantitative estimate of drug-likeness (QED) is 0.207. The number of aromatic amines is 1. The molecule has 8 rings (SSSR count). The number of H-pyrrole nitrogens is 1. The van der Waals surface area contributed by atoms with Gasteiger partial charge in [0.15, 0.2) is 5.82 Å². The summed E-state index contributed by atoms with van der Waals surface area (Å²) < 4.78 is 6.93. The number of fused-ring (bicyclic) bond motifs is 1. The van der Waals surface area contributed by atoms with E-state index < -0.39 is 4.75 Å². The van der Waals surface area contributed by atoms with Gasteiger partial charge in [-0.1, -0.05) is 36.4 Å². The standard InChI is InChI=1S/C37H39N9O3S/c1-44-23-38-35(43-44)26-8-6-24(7-9-26)25-14-17-46(18-15-25)33(47)21-45-19-16-37(22-45,50-2)36(48)39-27-10-13-30-29(20-27)34(42-41-30)31-4-3-5-32(40-31)49-28-11-12-28/h3-10,13-14,20,23,28H,11-12,15-19,21-22H2,1-2H3,(H,39,48)(H,41,42)/t37-/m0/s1. The van der Waals surface area contributed by atoms with Gasteiger partial charge in [0.2, 0.25) is 17.7 Å². The normalized spacial score (nSPS) is 19.5. The molecule has 256 valence electrons. The SMILES string of the molecule is CS[C@@]1(C(=O)Nc2ccc3[nH]nc(-c4cccc(OC5CC5)n4)c3c2)CCN(CC(=O)N2CC=C(c3ccc(-c4ncn(C)n4)cc3)CC2)C1. The Morgan fingerprint density at radius 2 is 1.92 bits per heavy atom. The van der Waals surface area contributed by atoms with Crippen molar-refractivity contribution in [2.75, 3.05) is 44.3 Å². The summed E-state index contributed by atoms with van der Waals surface area (Å²) in [5, 5.41) is 16.0. The van der Waals surface area contributed by atoms with Crippen LogP contribution in [-0.4, -0.2) is 101 Å². The molecule has 13 heteroatoms. The van der Waals surface area contributed by atoms with Crippen molar-refractivity contribution in [3.63, 3.8) is 0 Å². The Hall–Kier alpha value is -5.01. The Labute approximate surface area is 294 Å². The molecule has 1 saturated carbocycles. The number of likely N-dealkylation sites (tertiary alicyclic amines) is 1. The number of anilines is 1. The molecule has 12 nitrogen and oxygen atoms in total. The van der Waals surface area contributed by atoms with E-state index in [0.29, 0.717) is 67.9 Å². The monoisotopic (exact) mass is 689 g/mol. The number of rotatable bonds is 10. The van der Waals surface area contributed by atoms with Crippen LogP contribution in [0.2, 0.25) is 0 Å². The lowest BCUT2D eigenvalue weighted by Crippen LogP contribution is -2.45. The number of pyridine rings is 1. The lowest BCUT2D eigenvalue weighted by atomic mass is 9.98. The summed E-state index contributed by atoms with van der Waals surface area (Å²) in [4.78, 5) is 40.3. The summed E-state index contributed by atoms with van der Waals surface area (Å²) in [7, 11) is 1.86. The second kappa shape index (κ2) is 13.4. The maximum atomic E-state index is 13.8. The van der Waals surface area contributed by atoms with Crippen LogP contribution in [-0.2, 0) is 16.6 Å². The average Bonchev–Trinajstić information content (AvgIpc) is 3.48. The highest BCUT2D eigenvalue weighted by atomic mass is 32.2. The van der Waals surface area contributed by atoms with Crippen molar-refractivity contribution in [1.29, 1.82) is 0 Å². The lowest BCUT2D eigenvalue weighted by Gasteiger charge is -2.29. The number of aryl methyl sites for hydroxylation is 1. The summed E-state index contributed by atoms with van der Waals surface area (Å²) in [5.41, 5.74) is 6.33. The number of nitrogens with one attached hydrogen (secondary N) is 2. The van der Waals surface area contributed by atoms with E-state index in [9.17, 15) is 9.59 Å². The highest BCUT2D eigenvalue weighted by molar-refractivity contribution is 8.00. The van der Waals surface area contributed by atoms with Gasteiger partial charge in [-0.25, -0.2) is 9.97 Å². The number of carbonyl (C=O) groups is 2. The molecule has 0 bridgehead atoms. The van der Waals surface area contributed by atoms with Gasteiger partial charge in [-0.3, -0.25) is 24.3 Å². The molecule has 5 aromatic rings. The first-order chi connectivity index (χ1) is 24.4. The van der Waals surface area contributed by atoms with Crippen LogP contribution in [0.3, 0.4) is 0 Å². The molecule has 0 spiro atoms. The molecule has 0 unspecified atom stereocenters. The largest absolute Gasteiger partial charge is 0.474 e. The Morgan fingerprint density at radius 1 is 1.08 bits per heavy atom. The Kier molecular flexibility index (Phi) is 8.61. The van der Waals surface area contributed by atoms with E-state index in [1.54, 1.807) is 22.8 Å². The van der Waals surface area contributed by atoms with Crippen molar-refractivity contribution in [3.05, 3.63) is 78.6 Å². The van der Waals surface area contributed by atoms with Gasteiger partial charge in [0, 0.05) is 55.9 Å². The van der Waals surface area contributed by atoms with Crippen LogP contribution in [0, 0.1) is 0 Å². The molecule has 1 saturated heterocycles. The highest BCUT2D eigenvalue weighted by Crippen LogP contribution is 2.36. The molecule has 3 aliphatic rings. The number of carbonyl (C=O) groups excluding carboxylic acids is 2. The van der Waals surface area contributed by atoms with Gasteiger partial charge in [-0.05, 0) is 67.3 Å². The zero-order chi connectivity index (χ0) is 34.2. The summed E-state index contributed by atoms with van der Waals surface area (Å²) >= 11 is 1.55. The fraction of sp³-hybridized carbons (Fsp3) is 0.351. The van der Waals surface area contributed by atoms with Crippen LogP contribution in [0.25, 0.3) is 39.3 Å². The average molecular weight is 690 g/mol. The first-order valence-corrected chi connectivity index (χ1v) is 18.2. The van der Waals surface area contributed by atoms with E-state index >= 15 is 0 Å². The number of aromatic nitrogens is 6. The minimum Gasteiger partial charge on any atom is -0.474 e. The van der Waals surface area contributed by atoms with E-state index in [4.69, 9.17) is 4.74 Å². The molecule has 2 aliphatic heterocycles. The molecule has 3 aromatic heterocycles. The molecule has 2 amide bonds. The maximum absolute atomic E-state index is 13.8. The van der Waals surface area contributed by atoms with Crippen LogP contribution in [0.1, 0.15) is 31.2 Å². The number of hydrogen-bond donors (Lipinski definition) is 2. The zero-order valence-corrected chi connectivity index (χ0v) is 28.9. The Morgan fingerprint density at radius 3 is 2.66 bits per heavy atom. The molecule has 2 fully saturated rings. The van der Waals surface area contributed by atoms with E-state index in [1.807, 2.05) is 66.7 Å². The third kappa shape index (κ3) is 6.62. The number of thioether (sulfide) groups is 1. The summed E-state index contributed by atoms with van der Waals surface area (Å²) in [6, 6.07) is 19.7. The topological polar surface area (TPSA) is 134 Å². The fourth-order valence-electron chi connectivity index (χ4n) is 6.69. The summed E-state index contributed by atoms with van der Waals surface area (Å²) in [5.74, 6) is 1.34. The van der Waals surface area contributed by atoms with E-state index in [2.05, 4.69) is 53.7 Å². The second-order valence-electron chi connectivity index (χ2n) is 13.3. The van der Waals surface area contributed by atoms with Crippen molar-refractivity contribution in [2.45, 2.75) is 36.5 Å². The molecular formula is C37H39N9O3S. The van der Waals surface area contributed by atoms with Crippen molar-refractivity contribution >= 4 is 45.7 Å². The van der Waals surface area contributed by atoms with Crippen molar-refractivity contribution in [2.24, 2.45) is 7.05 Å². The van der Waals surface area contributed by atoms with Gasteiger partial charge in [-0.15, -0.1) is 11.8 Å². The van der Waals surface area contributed by atoms with Gasteiger partial charge < -0.3 is 15.0 Å². The van der Waals surface area contributed by atoms with Gasteiger partial charge in [0.1, 0.15) is 22.9 Å². The van der Waals surface area contributed by atoms with Crippen LogP contribution in [0.4, 0.5) is 5.69 Å². The van der Waals surface area contributed by atoms with Crippen molar-refractivity contribution in [1.82, 2.24) is 39.7 Å². The minimum atomic E-state index is -0.656. The Balaban J connectivity index is 0.882. The third-order valence-corrected chi connectivity index (χ3v) is 11.0. The predicted molar refractivity (Wildman–Crippen MR) is 195 cm³/mol. The number of ether oxygens (including phenoxy) is 1. The fourth-order valence-corrected chi connectivity index (χ4v) is 7.54. The van der Waals surface area contributed by atoms with Crippen molar-refractivity contribution in [3.8, 4) is 28.7 Å². The predicted octanol–water partition coefficient (Wildman–Crippen LogP) is 5.02. The number of nitrogens with zero attached hydrogens (tertiary/aromatic N) is 7. The maximum Gasteiger partial charge on any atom is 0.241 e. The Bertz CT molecular complexity index is 2090. The van der Waals surface area contributed by atoms with Gasteiger partial charge in [-0.2, -0.15) is 10.2 Å². The van der Waals surface area contributed by atoms with Crippen LogP contribution in [0.5, 0.6) is 5.88 Å². The molecule has 1 aliphatic carbocycles. The minimum absolute atomic E-state index is 0.0577. The molecule has 1 atom stereocenters. The first kappa shape index (κ1) is 32.2. The van der Waals surface area contributed by atoms with Gasteiger partial charge in [0.05, 0.1) is 17.8 Å². The number of benzene rings is 2. The lowest BCUT2D eigenvalue weighted by molar-refractivity contribution is -0.132. The molecule has 2 aromatic carbocycles. The van der Waals surface area contributed by atoms with Crippen molar-refractivity contribution < 1.29 is 14.3 Å². The third-order valence-electron chi connectivity index (χ3n) is 9.75. The van der Waals surface area contributed by atoms with Crippen LogP contribution < -0.4 is 10.1 Å². The smallest absolute Gasteiger partial charge is 0.241 e. The van der Waals surface area contributed by atoms with Crippen LogP contribution >= 0.6 is 11.8 Å². The van der Waals surface area contributed by atoms with E-state index in [-0.39, 0.29) is 17.9 Å². The first-order valence-electron chi connectivity index (χ1n) is 17.0. The molecule has 2 N–H and O–H groups in total. The molecular weight excluding hydrogens is 651 g/mol. The van der Waals surface area contributed by atoms with Crippen LogP contribution in [0.15, 0.2) is 73.1 Å². The molecule has 0 radical (unpaired) electrons. The highest BCUT2D eigenvalue weighted by Gasteiger charge is 2.44. The van der Waals surface area contributed by atoms with E-state index in [1.165, 1.54) is 5.57 Å². The number of hydrogen-bond acceptors (Lipinski definition) is 9. The number of amides is 2. The molecule has 50 heavy (non-hydrogen) atoms. The summed E-state index contributed by atoms with van der Waals surface area (Å²) in [6.45, 7) is 2.73.